The normalized spacial score (nSPS) is 13.1. The lowest BCUT2D eigenvalue weighted by atomic mass is 10.00. The van der Waals surface area contributed by atoms with E-state index in [1.54, 1.807) is 0 Å². The summed E-state index contributed by atoms with van der Waals surface area (Å²) in [7, 11) is -4.36. The van der Waals surface area contributed by atoms with Gasteiger partial charge < -0.3 is 0 Å². The van der Waals surface area contributed by atoms with Crippen molar-refractivity contribution in [2.45, 2.75) is 168 Å². The van der Waals surface area contributed by atoms with Crippen molar-refractivity contribution in [2.75, 3.05) is 6.61 Å². The van der Waals surface area contributed by atoms with Gasteiger partial charge in [0.25, 0.3) is 0 Å². The van der Waals surface area contributed by atoms with Gasteiger partial charge in [0.2, 0.25) is 0 Å². The van der Waals surface area contributed by atoms with Crippen molar-refractivity contribution >= 4 is 10.4 Å². The lowest BCUT2D eigenvalue weighted by Gasteiger charge is -2.12. The maximum absolute atomic E-state index is 10.9. The molecular formula is C30H60O4S. The predicted octanol–water partition coefficient (Wildman–Crippen LogP) is 10.4. The highest BCUT2D eigenvalue weighted by Crippen LogP contribution is 2.17. The molecular weight excluding hydrogens is 456 g/mol. The van der Waals surface area contributed by atoms with E-state index in [2.05, 4.69) is 30.2 Å². The van der Waals surface area contributed by atoms with Gasteiger partial charge >= 0.3 is 10.4 Å². The molecule has 1 unspecified atom stereocenters. The van der Waals surface area contributed by atoms with Crippen molar-refractivity contribution in [3.63, 3.8) is 0 Å². The van der Waals surface area contributed by atoms with E-state index in [0.29, 0.717) is 0 Å². The van der Waals surface area contributed by atoms with Gasteiger partial charge in [0.15, 0.2) is 0 Å². The highest BCUT2D eigenvalue weighted by Gasteiger charge is 2.11. The Morgan fingerprint density at radius 1 is 0.600 bits per heavy atom. The summed E-state index contributed by atoms with van der Waals surface area (Å²) < 4.78 is 35.3. The van der Waals surface area contributed by atoms with E-state index in [-0.39, 0.29) is 12.5 Å². The van der Waals surface area contributed by atoms with Crippen LogP contribution < -0.4 is 0 Å². The first-order valence-corrected chi connectivity index (χ1v) is 16.6. The SMILES string of the molecule is CCCCCCCCCCCCCCCCCCC/C=C/C(CCCCCCC)COS(=O)(=O)O. The first-order chi connectivity index (χ1) is 17.0. The predicted molar refractivity (Wildman–Crippen MR) is 152 cm³/mol. The Hall–Kier alpha value is -0.390. The van der Waals surface area contributed by atoms with E-state index in [1.807, 2.05) is 0 Å². The second-order valence-corrected chi connectivity index (χ2v) is 11.6. The molecule has 1 atom stereocenters. The molecule has 0 aliphatic rings. The lowest BCUT2D eigenvalue weighted by molar-refractivity contribution is 0.234. The monoisotopic (exact) mass is 516 g/mol. The quantitative estimate of drug-likeness (QED) is 0.0638. The van der Waals surface area contributed by atoms with Crippen LogP contribution >= 0.6 is 0 Å². The summed E-state index contributed by atoms with van der Waals surface area (Å²) in [6, 6.07) is 0. The summed E-state index contributed by atoms with van der Waals surface area (Å²) >= 11 is 0. The summed E-state index contributed by atoms with van der Waals surface area (Å²) in [5.41, 5.74) is 0. The molecule has 0 heterocycles. The third kappa shape index (κ3) is 29.7. The van der Waals surface area contributed by atoms with Gasteiger partial charge in [0.05, 0.1) is 6.61 Å². The van der Waals surface area contributed by atoms with Gasteiger partial charge in [0.1, 0.15) is 0 Å². The minimum atomic E-state index is -4.36. The maximum atomic E-state index is 10.9. The van der Waals surface area contributed by atoms with Gasteiger partial charge in [-0.3, -0.25) is 4.55 Å². The largest absolute Gasteiger partial charge is 0.397 e. The van der Waals surface area contributed by atoms with E-state index >= 15 is 0 Å². The van der Waals surface area contributed by atoms with Crippen LogP contribution in [0.15, 0.2) is 12.2 Å². The zero-order valence-corrected chi connectivity index (χ0v) is 24.3. The minimum Gasteiger partial charge on any atom is -0.264 e. The molecule has 5 heteroatoms. The number of hydrogen-bond donors (Lipinski definition) is 1. The van der Waals surface area contributed by atoms with E-state index < -0.39 is 10.4 Å². The molecule has 0 amide bonds. The molecule has 0 fully saturated rings. The molecule has 0 rings (SSSR count). The number of unbranched alkanes of at least 4 members (excludes halogenated alkanes) is 21. The van der Waals surface area contributed by atoms with Crippen molar-refractivity contribution in [2.24, 2.45) is 5.92 Å². The Bertz CT molecular complexity index is 545. The first-order valence-electron chi connectivity index (χ1n) is 15.3. The van der Waals surface area contributed by atoms with Gasteiger partial charge in [-0.05, 0) is 19.3 Å². The van der Waals surface area contributed by atoms with Crippen molar-refractivity contribution in [1.29, 1.82) is 0 Å². The highest BCUT2D eigenvalue weighted by atomic mass is 32.3. The van der Waals surface area contributed by atoms with E-state index in [4.69, 9.17) is 4.55 Å². The molecule has 35 heavy (non-hydrogen) atoms. The lowest BCUT2D eigenvalue weighted by Crippen LogP contribution is -2.12. The number of allylic oxidation sites excluding steroid dienone is 1. The molecule has 0 spiro atoms. The van der Waals surface area contributed by atoms with Crippen LogP contribution in [0, 0.1) is 5.92 Å². The Morgan fingerprint density at radius 2 is 0.971 bits per heavy atom. The summed E-state index contributed by atoms with van der Waals surface area (Å²) in [4.78, 5) is 0. The van der Waals surface area contributed by atoms with Gasteiger partial charge in [-0.15, -0.1) is 0 Å². The molecule has 0 aromatic heterocycles. The molecule has 4 nitrogen and oxygen atoms in total. The molecule has 0 saturated carbocycles. The van der Waals surface area contributed by atoms with Crippen molar-refractivity contribution in [1.82, 2.24) is 0 Å². The van der Waals surface area contributed by atoms with Crippen molar-refractivity contribution in [3.8, 4) is 0 Å². The minimum absolute atomic E-state index is 0.0438. The molecule has 0 bridgehead atoms. The molecule has 0 aromatic rings. The van der Waals surface area contributed by atoms with Crippen LogP contribution in [0.1, 0.15) is 168 Å². The Balaban J connectivity index is 3.60. The molecule has 210 valence electrons. The number of rotatable bonds is 28. The van der Waals surface area contributed by atoms with E-state index in [1.165, 1.54) is 135 Å². The van der Waals surface area contributed by atoms with Gasteiger partial charge in [-0.1, -0.05) is 161 Å². The van der Waals surface area contributed by atoms with Gasteiger partial charge in [-0.25, -0.2) is 4.18 Å². The third-order valence-electron chi connectivity index (χ3n) is 6.99. The van der Waals surface area contributed by atoms with Gasteiger partial charge in [0, 0.05) is 5.92 Å². The van der Waals surface area contributed by atoms with Gasteiger partial charge in [-0.2, -0.15) is 8.42 Å². The van der Waals surface area contributed by atoms with Crippen LogP contribution in [0.5, 0.6) is 0 Å². The van der Waals surface area contributed by atoms with Crippen molar-refractivity contribution in [3.05, 3.63) is 12.2 Å². The fourth-order valence-corrected chi connectivity index (χ4v) is 5.04. The topological polar surface area (TPSA) is 63.6 Å². The summed E-state index contributed by atoms with van der Waals surface area (Å²) in [6.07, 6.45) is 35.7. The maximum Gasteiger partial charge on any atom is 0.397 e. The van der Waals surface area contributed by atoms with Crippen LogP contribution in [0.25, 0.3) is 0 Å². The molecule has 0 aliphatic carbocycles. The average Bonchev–Trinajstić information content (AvgIpc) is 2.82. The van der Waals surface area contributed by atoms with Crippen LogP contribution in [-0.4, -0.2) is 19.6 Å². The summed E-state index contributed by atoms with van der Waals surface area (Å²) in [5.74, 6) is 0.0596. The van der Waals surface area contributed by atoms with Crippen LogP contribution in [-0.2, 0) is 14.6 Å². The zero-order chi connectivity index (χ0) is 25.9. The standard InChI is InChI=1S/C30H60O4S/c1-3-5-7-9-10-11-12-13-14-15-16-17-18-19-20-21-22-24-26-28-30(29-34-35(31,32)33)27-25-23-8-6-4-2/h26,28,30H,3-25,27,29H2,1-2H3,(H,31,32,33)/b28-26+. The van der Waals surface area contributed by atoms with E-state index in [0.717, 1.165) is 19.3 Å². The third-order valence-corrected chi connectivity index (χ3v) is 7.43. The molecule has 0 saturated heterocycles. The smallest absolute Gasteiger partial charge is 0.264 e. The highest BCUT2D eigenvalue weighted by molar-refractivity contribution is 7.80. The Kier molecular flexibility index (Phi) is 26.4. The zero-order valence-electron chi connectivity index (χ0n) is 23.5. The summed E-state index contributed by atoms with van der Waals surface area (Å²) in [6.45, 7) is 4.53. The van der Waals surface area contributed by atoms with Crippen molar-refractivity contribution < 1.29 is 17.2 Å². The van der Waals surface area contributed by atoms with Crippen LogP contribution in [0.2, 0.25) is 0 Å². The molecule has 1 N–H and O–H groups in total. The Labute approximate surface area is 220 Å². The first kappa shape index (κ1) is 34.6. The molecule has 0 radical (unpaired) electrons. The second-order valence-electron chi connectivity index (χ2n) is 10.5. The number of hydrogen-bond acceptors (Lipinski definition) is 3. The van der Waals surface area contributed by atoms with Crippen LogP contribution in [0.4, 0.5) is 0 Å². The fraction of sp³-hybridized carbons (Fsp3) is 0.933. The summed E-state index contributed by atoms with van der Waals surface area (Å²) in [5, 5.41) is 0. The molecule has 0 aliphatic heterocycles. The van der Waals surface area contributed by atoms with Crippen LogP contribution in [0.3, 0.4) is 0 Å². The second kappa shape index (κ2) is 26.7. The van der Waals surface area contributed by atoms with E-state index in [9.17, 15) is 8.42 Å². The Morgan fingerprint density at radius 3 is 1.37 bits per heavy atom. The average molecular weight is 517 g/mol. The molecule has 0 aromatic carbocycles. The fourth-order valence-electron chi connectivity index (χ4n) is 4.69.